The molecule has 3 N–H and O–H groups in total. The molecular weight excluding hydrogens is 254 g/mol. The summed E-state index contributed by atoms with van der Waals surface area (Å²) in [5, 5.41) is 21.2. The van der Waals surface area contributed by atoms with E-state index in [9.17, 15) is 5.11 Å². The van der Waals surface area contributed by atoms with E-state index < -0.39 is 6.10 Å². The molecule has 0 aliphatic rings. The maximum absolute atomic E-state index is 9.33. The molecule has 2 rings (SSSR count). The standard InChI is InChI=1S/C16H19NO3/c1-20-16-9-13(17-10-14(19)11-18)7-8-15(16)12-5-3-2-4-6-12/h2-9,14,17-19H,10-11H2,1H3. The van der Waals surface area contributed by atoms with E-state index >= 15 is 0 Å². The van der Waals surface area contributed by atoms with Gasteiger partial charge in [0.15, 0.2) is 0 Å². The predicted octanol–water partition coefficient (Wildman–Crippen LogP) is 2.13. The minimum absolute atomic E-state index is 0.258. The van der Waals surface area contributed by atoms with Gasteiger partial charge in [0.1, 0.15) is 5.75 Å². The van der Waals surface area contributed by atoms with Crippen LogP contribution in [0.3, 0.4) is 0 Å². The van der Waals surface area contributed by atoms with Gasteiger partial charge in [-0.1, -0.05) is 30.3 Å². The molecule has 2 aromatic rings. The molecule has 1 atom stereocenters. The lowest BCUT2D eigenvalue weighted by atomic mass is 10.0. The van der Waals surface area contributed by atoms with Crippen molar-refractivity contribution < 1.29 is 14.9 Å². The Morgan fingerprint density at radius 1 is 1.15 bits per heavy atom. The van der Waals surface area contributed by atoms with Crippen LogP contribution in [0.4, 0.5) is 5.69 Å². The van der Waals surface area contributed by atoms with E-state index in [4.69, 9.17) is 9.84 Å². The minimum atomic E-state index is -0.769. The fraction of sp³-hybridized carbons (Fsp3) is 0.250. The zero-order chi connectivity index (χ0) is 14.4. The second kappa shape index (κ2) is 6.93. The molecule has 0 aliphatic heterocycles. The molecule has 20 heavy (non-hydrogen) atoms. The molecular formula is C16H19NO3. The normalized spacial score (nSPS) is 11.9. The van der Waals surface area contributed by atoms with Crippen molar-refractivity contribution in [3.63, 3.8) is 0 Å². The van der Waals surface area contributed by atoms with Crippen molar-refractivity contribution in [2.45, 2.75) is 6.10 Å². The Labute approximate surface area is 118 Å². The summed E-state index contributed by atoms with van der Waals surface area (Å²) in [5.41, 5.74) is 2.95. The Kier molecular flexibility index (Phi) is 4.98. The van der Waals surface area contributed by atoms with E-state index in [0.717, 1.165) is 22.6 Å². The number of rotatable bonds is 6. The summed E-state index contributed by atoms with van der Waals surface area (Å²) in [6.07, 6.45) is -0.769. The molecule has 0 radical (unpaired) electrons. The fourth-order valence-electron chi connectivity index (χ4n) is 1.96. The molecule has 0 aromatic heterocycles. The zero-order valence-electron chi connectivity index (χ0n) is 11.4. The second-order valence-corrected chi connectivity index (χ2v) is 4.50. The van der Waals surface area contributed by atoms with Crippen molar-refractivity contribution in [3.05, 3.63) is 48.5 Å². The van der Waals surface area contributed by atoms with E-state index in [2.05, 4.69) is 5.32 Å². The third-order valence-electron chi connectivity index (χ3n) is 3.04. The molecule has 0 bridgehead atoms. The van der Waals surface area contributed by atoms with Crippen LogP contribution in [0, 0.1) is 0 Å². The van der Waals surface area contributed by atoms with Crippen molar-refractivity contribution in [1.29, 1.82) is 0 Å². The topological polar surface area (TPSA) is 61.7 Å². The Morgan fingerprint density at radius 2 is 1.90 bits per heavy atom. The number of hydrogen-bond acceptors (Lipinski definition) is 4. The third kappa shape index (κ3) is 3.50. The molecule has 0 amide bonds. The van der Waals surface area contributed by atoms with E-state index in [0.29, 0.717) is 6.54 Å². The van der Waals surface area contributed by atoms with Gasteiger partial charge in [0, 0.05) is 23.9 Å². The Hall–Kier alpha value is -2.04. The van der Waals surface area contributed by atoms with Gasteiger partial charge in [0.05, 0.1) is 19.8 Å². The summed E-state index contributed by atoms with van der Waals surface area (Å²) in [6.45, 7) is 0.0383. The summed E-state index contributed by atoms with van der Waals surface area (Å²) in [7, 11) is 1.63. The number of hydrogen-bond donors (Lipinski definition) is 3. The summed E-state index contributed by atoms with van der Waals surface area (Å²) in [5.74, 6) is 0.764. The highest BCUT2D eigenvalue weighted by atomic mass is 16.5. The fourth-order valence-corrected chi connectivity index (χ4v) is 1.96. The molecule has 0 heterocycles. The monoisotopic (exact) mass is 273 g/mol. The second-order valence-electron chi connectivity index (χ2n) is 4.50. The number of aliphatic hydroxyl groups is 2. The smallest absolute Gasteiger partial charge is 0.128 e. The van der Waals surface area contributed by atoms with Gasteiger partial charge < -0.3 is 20.3 Å². The van der Waals surface area contributed by atoms with Crippen LogP contribution >= 0.6 is 0 Å². The van der Waals surface area contributed by atoms with Crippen molar-refractivity contribution in [1.82, 2.24) is 0 Å². The van der Waals surface area contributed by atoms with E-state index in [1.165, 1.54) is 0 Å². The summed E-state index contributed by atoms with van der Waals surface area (Å²) >= 11 is 0. The van der Waals surface area contributed by atoms with Crippen LogP contribution in [0.25, 0.3) is 11.1 Å². The minimum Gasteiger partial charge on any atom is -0.496 e. The lowest BCUT2D eigenvalue weighted by molar-refractivity contribution is 0.105. The molecule has 2 aromatic carbocycles. The van der Waals surface area contributed by atoms with Crippen molar-refractivity contribution >= 4 is 5.69 Å². The molecule has 0 aliphatic carbocycles. The number of methoxy groups -OCH3 is 1. The van der Waals surface area contributed by atoms with Gasteiger partial charge >= 0.3 is 0 Å². The molecule has 4 heteroatoms. The predicted molar refractivity (Wildman–Crippen MR) is 80.0 cm³/mol. The van der Waals surface area contributed by atoms with Crippen LogP contribution < -0.4 is 10.1 Å². The highest BCUT2D eigenvalue weighted by Gasteiger charge is 2.07. The first-order valence-electron chi connectivity index (χ1n) is 6.51. The first-order valence-corrected chi connectivity index (χ1v) is 6.51. The maximum Gasteiger partial charge on any atom is 0.128 e. The number of nitrogens with one attached hydrogen (secondary N) is 1. The maximum atomic E-state index is 9.33. The van der Waals surface area contributed by atoms with Gasteiger partial charge in [-0.05, 0) is 17.7 Å². The molecule has 4 nitrogen and oxygen atoms in total. The molecule has 0 saturated carbocycles. The van der Waals surface area contributed by atoms with Crippen LogP contribution in [0.1, 0.15) is 0 Å². The number of ether oxygens (including phenoxy) is 1. The first kappa shape index (κ1) is 14.4. The summed E-state index contributed by atoms with van der Waals surface area (Å²) in [6, 6.07) is 15.8. The number of aliphatic hydroxyl groups excluding tert-OH is 2. The zero-order valence-corrected chi connectivity index (χ0v) is 11.4. The van der Waals surface area contributed by atoms with Crippen LogP contribution in [0.5, 0.6) is 5.75 Å². The van der Waals surface area contributed by atoms with Crippen LogP contribution in [-0.2, 0) is 0 Å². The van der Waals surface area contributed by atoms with Crippen LogP contribution in [-0.4, -0.2) is 36.6 Å². The summed E-state index contributed by atoms with van der Waals surface area (Å²) < 4.78 is 5.42. The van der Waals surface area contributed by atoms with Gasteiger partial charge in [0.2, 0.25) is 0 Å². The SMILES string of the molecule is COc1cc(NCC(O)CO)ccc1-c1ccccc1. The van der Waals surface area contributed by atoms with Crippen molar-refractivity contribution in [2.24, 2.45) is 0 Å². The van der Waals surface area contributed by atoms with Gasteiger partial charge in [-0.15, -0.1) is 0 Å². The Bertz CT molecular complexity index is 543. The van der Waals surface area contributed by atoms with Crippen molar-refractivity contribution in [2.75, 3.05) is 25.6 Å². The van der Waals surface area contributed by atoms with E-state index in [-0.39, 0.29) is 6.61 Å². The molecule has 0 spiro atoms. The largest absolute Gasteiger partial charge is 0.496 e. The Balaban J connectivity index is 2.20. The average Bonchev–Trinajstić information content (AvgIpc) is 2.53. The van der Waals surface area contributed by atoms with Crippen LogP contribution in [0.2, 0.25) is 0 Å². The van der Waals surface area contributed by atoms with Gasteiger partial charge in [-0.2, -0.15) is 0 Å². The molecule has 0 saturated heterocycles. The lowest BCUT2D eigenvalue weighted by Crippen LogP contribution is -2.22. The number of anilines is 1. The van der Waals surface area contributed by atoms with E-state index in [1.807, 2.05) is 48.5 Å². The van der Waals surface area contributed by atoms with Gasteiger partial charge in [-0.3, -0.25) is 0 Å². The number of benzene rings is 2. The van der Waals surface area contributed by atoms with Gasteiger partial charge in [-0.25, -0.2) is 0 Å². The first-order chi connectivity index (χ1) is 9.74. The van der Waals surface area contributed by atoms with Crippen LogP contribution in [0.15, 0.2) is 48.5 Å². The molecule has 106 valence electrons. The highest BCUT2D eigenvalue weighted by Crippen LogP contribution is 2.32. The molecule has 0 fully saturated rings. The summed E-state index contributed by atoms with van der Waals surface area (Å²) in [4.78, 5) is 0. The highest BCUT2D eigenvalue weighted by molar-refractivity contribution is 5.73. The van der Waals surface area contributed by atoms with Crippen molar-refractivity contribution in [3.8, 4) is 16.9 Å². The Morgan fingerprint density at radius 3 is 2.55 bits per heavy atom. The third-order valence-corrected chi connectivity index (χ3v) is 3.04. The average molecular weight is 273 g/mol. The van der Waals surface area contributed by atoms with E-state index in [1.54, 1.807) is 7.11 Å². The lowest BCUT2D eigenvalue weighted by Gasteiger charge is -2.14. The molecule has 1 unspecified atom stereocenters. The van der Waals surface area contributed by atoms with Gasteiger partial charge in [0.25, 0.3) is 0 Å². The quantitative estimate of drug-likeness (QED) is 0.754.